The number of carbonyl (C=O) groups is 1. The number of hydrogen-bond acceptors (Lipinski definition) is 5. The van der Waals surface area contributed by atoms with Gasteiger partial charge in [-0.15, -0.1) is 0 Å². The highest BCUT2D eigenvalue weighted by atomic mass is 31.2. The first-order valence-electron chi connectivity index (χ1n) is 22.7. The van der Waals surface area contributed by atoms with E-state index in [2.05, 4.69) is 31.3 Å². The van der Waals surface area contributed by atoms with Gasteiger partial charge in [0.05, 0.1) is 39.9 Å². The summed E-state index contributed by atoms with van der Waals surface area (Å²) in [5.41, 5.74) is 0. The number of quaternary nitrogens is 1. The Bertz CT molecular complexity index is 938. The van der Waals surface area contributed by atoms with Crippen LogP contribution in [-0.4, -0.2) is 73.4 Å². The van der Waals surface area contributed by atoms with Gasteiger partial charge in [0.15, 0.2) is 0 Å². The SMILES string of the molecule is CCCCCCCCCC/C=C/CC/C=C/C(O)C(COP(=O)(O)OCC[N+](C)(C)C)NC(=O)CCCCCCCCCCCCCCCCCCCC. The van der Waals surface area contributed by atoms with Crippen LogP contribution in [0.4, 0.5) is 0 Å². The third-order valence-corrected chi connectivity index (χ3v) is 11.2. The second-order valence-corrected chi connectivity index (χ2v) is 18.2. The average molecular weight is 786 g/mol. The van der Waals surface area contributed by atoms with Crippen LogP contribution in [0.5, 0.6) is 0 Å². The highest BCUT2D eigenvalue weighted by molar-refractivity contribution is 7.47. The van der Waals surface area contributed by atoms with E-state index in [9.17, 15) is 19.4 Å². The Hall–Kier alpha value is -1.02. The Labute approximate surface area is 334 Å². The Morgan fingerprint density at radius 3 is 1.48 bits per heavy atom. The van der Waals surface area contributed by atoms with E-state index >= 15 is 0 Å². The molecule has 0 saturated carbocycles. The summed E-state index contributed by atoms with van der Waals surface area (Å²) in [5, 5.41) is 13.8. The molecule has 0 bridgehead atoms. The van der Waals surface area contributed by atoms with E-state index in [0.29, 0.717) is 17.4 Å². The van der Waals surface area contributed by atoms with Crippen molar-refractivity contribution in [3.05, 3.63) is 24.3 Å². The quantitative estimate of drug-likeness (QED) is 0.0247. The summed E-state index contributed by atoms with van der Waals surface area (Å²) in [7, 11) is 1.56. The number of carbonyl (C=O) groups excluding carboxylic acids is 1. The smallest absolute Gasteiger partial charge is 0.387 e. The van der Waals surface area contributed by atoms with Crippen LogP contribution in [0.15, 0.2) is 24.3 Å². The fraction of sp³-hybridized carbons (Fsp3) is 0.889. The highest BCUT2D eigenvalue weighted by Crippen LogP contribution is 2.43. The van der Waals surface area contributed by atoms with Gasteiger partial charge in [-0.05, 0) is 32.1 Å². The topological polar surface area (TPSA) is 105 Å². The summed E-state index contributed by atoms with van der Waals surface area (Å²) >= 11 is 0. The molecule has 0 aliphatic rings. The van der Waals surface area contributed by atoms with Crippen LogP contribution >= 0.6 is 7.82 Å². The molecule has 0 aromatic carbocycles. The average Bonchev–Trinajstić information content (AvgIpc) is 3.12. The molecule has 0 radical (unpaired) electrons. The van der Waals surface area contributed by atoms with E-state index in [0.717, 1.165) is 38.5 Å². The molecule has 0 aromatic rings. The lowest BCUT2D eigenvalue weighted by Crippen LogP contribution is -2.45. The lowest BCUT2D eigenvalue weighted by Gasteiger charge is -2.25. The fourth-order valence-corrected chi connectivity index (χ4v) is 7.26. The minimum Gasteiger partial charge on any atom is -0.387 e. The van der Waals surface area contributed by atoms with Crippen LogP contribution in [-0.2, 0) is 18.4 Å². The maximum atomic E-state index is 12.9. The Morgan fingerprint density at radius 2 is 1.02 bits per heavy atom. The molecule has 9 heteroatoms. The zero-order valence-electron chi connectivity index (χ0n) is 36.2. The molecule has 0 aromatic heterocycles. The van der Waals surface area contributed by atoms with Crippen molar-refractivity contribution >= 4 is 13.7 Å². The maximum absolute atomic E-state index is 12.9. The minimum atomic E-state index is -4.34. The summed E-state index contributed by atoms with van der Waals surface area (Å²) in [6, 6.07) is -0.857. The molecule has 3 unspecified atom stereocenters. The zero-order valence-corrected chi connectivity index (χ0v) is 37.1. The molecule has 0 rings (SSSR count). The van der Waals surface area contributed by atoms with E-state index in [4.69, 9.17) is 9.05 Å². The van der Waals surface area contributed by atoms with Crippen LogP contribution in [0.25, 0.3) is 0 Å². The summed E-state index contributed by atoms with van der Waals surface area (Å²) in [6.45, 7) is 4.80. The van der Waals surface area contributed by atoms with E-state index in [1.165, 1.54) is 148 Å². The zero-order chi connectivity index (χ0) is 40.0. The monoisotopic (exact) mass is 786 g/mol. The maximum Gasteiger partial charge on any atom is 0.472 e. The number of hydrogen-bond donors (Lipinski definition) is 3. The van der Waals surface area contributed by atoms with Crippen molar-refractivity contribution in [1.82, 2.24) is 5.32 Å². The standard InChI is InChI=1S/C45H89N2O6P/c1-6-8-10-12-14-16-18-20-22-23-24-25-27-29-31-33-35-37-39-45(49)46-43(42-53-54(50,51)52-41-40-47(3,4)5)44(48)38-36-34-32-30-28-26-21-19-17-15-13-11-9-7-2/h28,30,36,38,43-44,48H,6-27,29,31-35,37,39-42H2,1-5H3,(H-,46,49,50,51)/p+1/b30-28+,38-36+. The fourth-order valence-electron chi connectivity index (χ4n) is 6.53. The van der Waals surface area contributed by atoms with Crippen molar-refractivity contribution in [3.8, 4) is 0 Å². The van der Waals surface area contributed by atoms with Gasteiger partial charge in [-0.3, -0.25) is 13.8 Å². The molecular weight excluding hydrogens is 695 g/mol. The number of aliphatic hydroxyl groups is 1. The number of allylic oxidation sites excluding steroid dienone is 3. The molecule has 0 saturated heterocycles. The van der Waals surface area contributed by atoms with Gasteiger partial charge >= 0.3 is 7.82 Å². The lowest BCUT2D eigenvalue weighted by molar-refractivity contribution is -0.870. The van der Waals surface area contributed by atoms with Crippen molar-refractivity contribution in [1.29, 1.82) is 0 Å². The lowest BCUT2D eigenvalue weighted by atomic mass is 10.0. The number of aliphatic hydroxyl groups excluding tert-OH is 1. The molecule has 0 aliphatic heterocycles. The predicted octanol–water partition coefficient (Wildman–Crippen LogP) is 12.5. The molecule has 0 aliphatic carbocycles. The Morgan fingerprint density at radius 1 is 0.611 bits per heavy atom. The van der Waals surface area contributed by atoms with Crippen molar-refractivity contribution in [2.24, 2.45) is 0 Å². The van der Waals surface area contributed by atoms with Gasteiger partial charge in [0, 0.05) is 6.42 Å². The molecule has 8 nitrogen and oxygen atoms in total. The number of likely N-dealkylation sites (N-methyl/N-ethyl adjacent to an activating group) is 1. The molecule has 0 spiro atoms. The van der Waals surface area contributed by atoms with Crippen molar-refractivity contribution in [2.75, 3.05) is 40.9 Å². The minimum absolute atomic E-state index is 0.0582. The molecule has 0 heterocycles. The van der Waals surface area contributed by atoms with E-state index in [1.807, 2.05) is 27.2 Å². The largest absolute Gasteiger partial charge is 0.472 e. The first-order chi connectivity index (χ1) is 26.0. The van der Waals surface area contributed by atoms with Gasteiger partial charge in [-0.1, -0.05) is 192 Å². The van der Waals surface area contributed by atoms with E-state index < -0.39 is 20.0 Å². The highest BCUT2D eigenvalue weighted by Gasteiger charge is 2.27. The van der Waals surface area contributed by atoms with Crippen LogP contribution in [0, 0.1) is 0 Å². The number of rotatable bonds is 41. The first kappa shape index (κ1) is 53.0. The number of nitrogens with one attached hydrogen (secondary N) is 1. The molecule has 3 N–H and O–H groups in total. The predicted molar refractivity (Wildman–Crippen MR) is 231 cm³/mol. The Kier molecular flexibility index (Phi) is 36.8. The third kappa shape index (κ3) is 39.2. The molecule has 320 valence electrons. The summed E-state index contributed by atoms with van der Waals surface area (Å²) < 4.78 is 23.5. The normalized spacial score (nSPS) is 14.6. The third-order valence-electron chi connectivity index (χ3n) is 10.2. The summed E-state index contributed by atoms with van der Waals surface area (Å²) in [5.74, 6) is -0.185. The first-order valence-corrected chi connectivity index (χ1v) is 24.2. The van der Waals surface area contributed by atoms with Gasteiger partial charge in [-0.25, -0.2) is 4.57 Å². The van der Waals surface area contributed by atoms with Gasteiger partial charge in [0.1, 0.15) is 13.2 Å². The van der Waals surface area contributed by atoms with Crippen LogP contribution in [0.1, 0.15) is 206 Å². The van der Waals surface area contributed by atoms with Crippen molar-refractivity contribution in [3.63, 3.8) is 0 Å². The molecule has 0 fully saturated rings. The van der Waals surface area contributed by atoms with Gasteiger partial charge in [0.25, 0.3) is 0 Å². The number of phosphoric ester groups is 1. The number of phosphoric acid groups is 1. The summed E-state index contributed by atoms with van der Waals surface area (Å²) in [6.07, 6.45) is 43.9. The second-order valence-electron chi connectivity index (χ2n) is 16.8. The number of unbranched alkanes of at least 4 members (excludes halogenated alkanes) is 26. The number of nitrogens with zero attached hydrogens (tertiary/aromatic N) is 1. The van der Waals surface area contributed by atoms with Gasteiger partial charge in [-0.2, -0.15) is 0 Å². The van der Waals surface area contributed by atoms with Gasteiger partial charge in [0.2, 0.25) is 5.91 Å². The van der Waals surface area contributed by atoms with Crippen LogP contribution < -0.4 is 5.32 Å². The molecule has 54 heavy (non-hydrogen) atoms. The summed E-state index contributed by atoms with van der Waals surface area (Å²) in [4.78, 5) is 23.1. The van der Waals surface area contributed by atoms with Crippen LogP contribution in [0.3, 0.4) is 0 Å². The van der Waals surface area contributed by atoms with E-state index in [1.54, 1.807) is 6.08 Å². The van der Waals surface area contributed by atoms with Crippen molar-refractivity contribution < 1.29 is 32.9 Å². The molecular formula is C45H90N2O6P+. The van der Waals surface area contributed by atoms with Crippen LogP contribution in [0.2, 0.25) is 0 Å². The van der Waals surface area contributed by atoms with Gasteiger partial charge < -0.3 is 19.8 Å². The molecule has 1 amide bonds. The second kappa shape index (κ2) is 37.6. The number of amides is 1. The molecule has 3 atom stereocenters. The Balaban J connectivity index is 4.40. The van der Waals surface area contributed by atoms with E-state index in [-0.39, 0.29) is 19.1 Å². The van der Waals surface area contributed by atoms with Crippen molar-refractivity contribution in [2.45, 2.75) is 219 Å².